The normalized spacial score (nSPS) is 19.6. The van der Waals surface area contributed by atoms with Crippen LogP contribution in [0, 0.1) is 0 Å². The standard InChI is InChI=1S/C18H18N4O3/c1-25-17(24)18(19)7-6-13-12(9-18)11-8-14(21-22-16(11)20-13)10-4-2-3-5-15(10)23/h2-5,8,23H,6-7,9,19H2,1H3,(H,20,22). The SMILES string of the molecule is COC(=O)C1(N)CCc2[nH]c3nnc(-c4ccccc4O)cc3c2C1. The summed E-state index contributed by atoms with van der Waals surface area (Å²) < 4.78 is 4.87. The number of fused-ring (bicyclic) bond motifs is 3. The molecule has 4 N–H and O–H groups in total. The van der Waals surface area contributed by atoms with E-state index in [-0.39, 0.29) is 5.75 Å². The fraction of sp³-hybridized carbons (Fsp3) is 0.278. The average Bonchev–Trinajstić information content (AvgIpc) is 2.98. The summed E-state index contributed by atoms with van der Waals surface area (Å²) in [4.78, 5) is 15.3. The predicted molar refractivity (Wildman–Crippen MR) is 91.9 cm³/mol. The molecule has 0 spiro atoms. The van der Waals surface area contributed by atoms with E-state index in [0.29, 0.717) is 36.2 Å². The monoisotopic (exact) mass is 338 g/mol. The van der Waals surface area contributed by atoms with Crippen molar-refractivity contribution in [2.24, 2.45) is 5.73 Å². The average molecular weight is 338 g/mol. The molecule has 2 heterocycles. The van der Waals surface area contributed by atoms with Crippen LogP contribution in [0.25, 0.3) is 22.3 Å². The highest BCUT2D eigenvalue weighted by Gasteiger charge is 2.40. The van der Waals surface area contributed by atoms with Gasteiger partial charge in [0.05, 0.1) is 12.8 Å². The van der Waals surface area contributed by atoms with Gasteiger partial charge in [-0.25, -0.2) is 0 Å². The predicted octanol–water partition coefficient (Wildman–Crippen LogP) is 1.69. The number of aromatic nitrogens is 3. The zero-order chi connectivity index (χ0) is 17.6. The number of benzene rings is 1. The summed E-state index contributed by atoms with van der Waals surface area (Å²) >= 11 is 0. The molecule has 0 amide bonds. The molecule has 0 saturated heterocycles. The van der Waals surface area contributed by atoms with Gasteiger partial charge in [-0.15, -0.1) is 10.2 Å². The van der Waals surface area contributed by atoms with E-state index in [9.17, 15) is 9.90 Å². The van der Waals surface area contributed by atoms with Gasteiger partial charge < -0.3 is 20.6 Å². The molecule has 7 heteroatoms. The molecule has 1 aromatic carbocycles. The van der Waals surface area contributed by atoms with Crippen molar-refractivity contribution in [1.29, 1.82) is 0 Å². The molecule has 0 saturated carbocycles. The Morgan fingerprint density at radius 2 is 2.16 bits per heavy atom. The molecule has 1 aliphatic rings. The lowest BCUT2D eigenvalue weighted by atomic mass is 9.80. The zero-order valence-electron chi connectivity index (χ0n) is 13.7. The first-order valence-electron chi connectivity index (χ1n) is 8.04. The Morgan fingerprint density at radius 3 is 2.92 bits per heavy atom. The van der Waals surface area contributed by atoms with Gasteiger partial charge in [-0.3, -0.25) is 4.79 Å². The maximum absolute atomic E-state index is 12.1. The number of carbonyl (C=O) groups excluding carboxylic acids is 1. The molecule has 1 aliphatic carbocycles. The Morgan fingerprint density at radius 1 is 1.36 bits per heavy atom. The summed E-state index contributed by atoms with van der Waals surface area (Å²) in [5, 5.41) is 19.4. The number of aromatic amines is 1. The fourth-order valence-corrected chi connectivity index (χ4v) is 3.46. The number of ether oxygens (including phenoxy) is 1. The molecule has 0 bridgehead atoms. The number of nitrogens with one attached hydrogen (secondary N) is 1. The summed E-state index contributed by atoms with van der Waals surface area (Å²) in [7, 11) is 1.35. The third kappa shape index (κ3) is 2.44. The lowest BCUT2D eigenvalue weighted by Crippen LogP contribution is -2.52. The van der Waals surface area contributed by atoms with Gasteiger partial charge >= 0.3 is 5.97 Å². The number of methoxy groups -OCH3 is 1. The number of para-hydroxylation sites is 1. The summed E-state index contributed by atoms with van der Waals surface area (Å²) in [6.07, 6.45) is 1.53. The Kier molecular flexibility index (Phi) is 3.47. The van der Waals surface area contributed by atoms with Gasteiger partial charge in [0.1, 0.15) is 11.3 Å². The third-order valence-corrected chi connectivity index (χ3v) is 4.84. The van der Waals surface area contributed by atoms with Crippen LogP contribution in [0.5, 0.6) is 5.75 Å². The summed E-state index contributed by atoms with van der Waals surface area (Å²) in [5.74, 6) is -0.265. The number of nitrogens with two attached hydrogens (primary N) is 1. The molecule has 128 valence electrons. The number of aryl methyl sites for hydroxylation is 1. The van der Waals surface area contributed by atoms with Crippen molar-refractivity contribution in [1.82, 2.24) is 15.2 Å². The Hall–Kier alpha value is -2.93. The van der Waals surface area contributed by atoms with E-state index in [2.05, 4.69) is 15.2 Å². The van der Waals surface area contributed by atoms with Crippen LogP contribution in [0.3, 0.4) is 0 Å². The number of phenols is 1. The molecule has 0 radical (unpaired) electrons. The second-order valence-electron chi connectivity index (χ2n) is 6.42. The zero-order valence-corrected chi connectivity index (χ0v) is 13.7. The number of aromatic hydroxyl groups is 1. The maximum Gasteiger partial charge on any atom is 0.326 e. The number of hydrogen-bond acceptors (Lipinski definition) is 6. The van der Waals surface area contributed by atoms with Crippen molar-refractivity contribution in [2.45, 2.75) is 24.8 Å². The summed E-state index contributed by atoms with van der Waals surface area (Å²) in [6.45, 7) is 0. The molecule has 3 aromatic rings. The number of esters is 1. The van der Waals surface area contributed by atoms with Crippen LogP contribution in [0.15, 0.2) is 30.3 Å². The molecule has 0 aliphatic heterocycles. The number of hydrogen-bond donors (Lipinski definition) is 3. The van der Waals surface area contributed by atoms with E-state index < -0.39 is 11.5 Å². The third-order valence-electron chi connectivity index (χ3n) is 4.84. The van der Waals surface area contributed by atoms with Crippen LogP contribution in [-0.4, -0.2) is 38.9 Å². The van der Waals surface area contributed by atoms with Gasteiger partial charge in [-0.1, -0.05) is 12.1 Å². The van der Waals surface area contributed by atoms with E-state index in [1.54, 1.807) is 18.2 Å². The first-order chi connectivity index (χ1) is 12.0. The highest BCUT2D eigenvalue weighted by Crippen LogP contribution is 2.35. The molecule has 4 rings (SSSR count). The maximum atomic E-state index is 12.1. The molecule has 2 aromatic heterocycles. The van der Waals surface area contributed by atoms with E-state index in [1.165, 1.54) is 7.11 Å². The van der Waals surface area contributed by atoms with Crippen LogP contribution in [-0.2, 0) is 22.4 Å². The quantitative estimate of drug-likeness (QED) is 0.613. The van der Waals surface area contributed by atoms with E-state index in [4.69, 9.17) is 10.5 Å². The number of phenolic OH excluding ortho intramolecular Hbond substituents is 1. The van der Waals surface area contributed by atoms with Crippen molar-refractivity contribution in [3.05, 3.63) is 41.6 Å². The minimum Gasteiger partial charge on any atom is -0.507 e. The first-order valence-corrected chi connectivity index (χ1v) is 8.04. The smallest absolute Gasteiger partial charge is 0.326 e. The molecule has 25 heavy (non-hydrogen) atoms. The highest BCUT2D eigenvalue weighted by atomic mass is 16.5. The number of nitrogens with zero attached hydrogens (tertiary/aromatic N) is 2. The van der Waals surface area contributed by atoms with E-state index in [0.717, 1.165) is 16.6 Å². The van der Waals surface area contributed by atoms with Gasteiger partial charge in [0, 0.05) is 23.1 Å². The summed E-state index contributed by atoms with van der Waals surface area (Å²) in [5.41, 5.74) is 9.06. The van der Waals surface area contributed by atoms with Gasteiger partial charge in [-0.05, 0) is 36.6 Å². The molecule has 0 fully saturated rings. The lowest BCUT2D eigenvalue weighted by molar-refractivity contribution is -0.147. The largest absolute Gasteiger partial charge is 0.507 e. The van der Waals surface area contributed by atoms with E-state index >= 15 is 0 Å². The van der Waals surface area contributed by atoms with Crippen molar-refractivity contribution < 1.29 is 14.6 Å². The van der Waals surface area contributed by atoms with Crippen LogP contribution in [0.1, 0.15) is 17.7 Å². The van der Waals surface area contributed by atoms with Crippen molar-refractivity contribution in [3.63, 3.8) is 0 Å². The number of carbonyl (C=O) groups is 1. The molecular formula is C18H18N4O3. The molecular weight excluding hydrogens is 320 g/mol. The van der Waals surface area contributed by atoms with Crippen molar-refractivity contribution in [2.75, 3.05) is 7.11 Å². The van der Waals surface area contributed by atoms with Gasteiger partial charge in [0.25, 0.3) is 0 Å². The second kappa shape index (κ2) is 5.56. The van der Waals surface area contributed by atoms with Crippen LogP contribution >= 0.6 is 0 Å². The minimum atomic E-state index is -1.03. The molecule has 1 atom stereocenters. The summed E-state index contributed by atoms with van der Waals surface area (Å²) in [6, 6.07) is 8.84. The van der Waals surface area contributed by atoms with Crippen LogP contribution < -0.4 is 5.73 Å². The van der Waals surface area contributed by atoms with E-state index in [1.807, 2.05) is 12.1 Å². The van der Waals surface area contributed by atoms with Gasteiger partial charge in [0.2, 0.25) is 0 Å². The first kappa shape index (κ1) is 15.6. The highest BCUT2D eigenvalue weighted by molar-refractivity contribution is 5.88. The van der Waals surface area contributed by atoms with Gasteiger partial charge in [0.15, 0.2) is 5.65 Å². The van der Waals surface area contributed by atoms with Crippen LogP contribution in [0.2, 0.25) is 0 Å². The number of H-pyrrole nitrogens is 1. The van der Waals surface area contributed by atoms with Crippen LogP contribution in [0.4, 0.5) is 0 Å². The Balaban J connectivity index is 1.83. The number of rotatable bonds is 2. The molecule has 1 unspecified atom stereocenters. The Bertz CT molecular complexity index is 982. The van der Waals surface area contributed by atoms with Crippen molar-refractivity contribution >= 4 is 17.0 Å². The second-order valence-corrected chi connectivity index (χ2v) is 6.42. The lowest BCUT2D eigenvalue weighted by Gasteiger charge is -2.30. The molecule has 7 nitrogen and oxygen atoms in total. The van der Waals surface area contributed by atoms with Crippen molar-refractivity contribution in [3.8, 4) is 17.0 Å². The Labute approximate surface area is 143 Å². The van der Waals surface area contributed by atoms with Gasteiger partial charge in [-0.2, -0.15) is 0 Å². The fourth-order valence-electron chi connectivity index (χ4n) is 3.46. The minimum absolute atomic E-state index is 0.142. The topological polar surface area (TPSA) is 114 Å².